The fourth-order valence-corrected chi connectivity index (χ4v) is 3.14. The Morgan fingerprint density at radius 3 is 2.95 bits per heavy atom. The maximum atomic E-state index is 4.65. The first-order valence-electron chi connectivity index (χ1n) is 6.69. The molecule has 19 heavy (non-hydrogen) atoms. The lowest BCUT2D eigenvalue weighted by Gasteiger charge is -2.09. The van der Waals surface area contributed by atoms with Crippen LogP contribution in [0.4, 0.5) is 5.82 Å². The molecule has 3 rings (SSSR count). The topological polar surface area (TPSA) is 58.5 Å². The summed E-state index contributed by atoms with van der Waals surface area (Å²) in [5.41, 5.74) is 2.55. The molecule has 0 atom stereocenters. The Morgan fingerprint density at radius 2 is 2.26 bits per heavy atom. The zero-order valence-corrected chi connectivity index (χ0v) is 12.6. The highest BCUT2D eigenvalue weighted by Crippen LogP contribution is 2.35. The number of nitrogens with one attached hydrogen (secondary N) is 2. The molecular weight excluding hydrogens is 306 g/mol. The van der Waals surface area contributed by atoms with E-state index in [1.54, 1.807) is 6.20 Å². The highest BCUT2D eigenvalue weighted by Gasteiger charge is 2.22. The van der Waals surface area contributed by atoms with Gasteiger partial charge >= 0.3 is 0 Å². The number of aryl methyl sites for hydroxylation is 1. The summed E-state index contributed by atoms with van der Waals surface area (Å²) in [6.07, 6.45) is 9.09. The van der Waals surface area contributed by atoms with E-state index >= 15 is 0 Å². The number of nitrogens with zero attached hydrogens (tertiary/aromatic N) is 3. The summed E-state index contributed by atoms with van der Waals surface area (Å²) in [5, 5.41) is 14.9. The van der Waals surface area contributed by atoms with Crippen molar-refractivity contribution in [1.82, 2.24) is 20.0 Å². The second kappa shape index (κ2) is 5.36. The predicted molar refractivity (Wildman–Crippen MR) is 78.0 cm³/mol. The van der Waals surface area contributed by atoms with E-state index in [2.05, 4.69) is 42.7 Å². The zero-order chi connectivity index (χ0) is 13.2. The number of anilines is 1. The fourth-order valence-electron chi connectivity index (χ4n) is 2.81. The molecule has 6 heteroatoms. The average Bonchev–Trinajstić information content (AvgIpc) is 3.07. The maximum Gasteiger partial charge on any atom is 0.136 e. The van der Waals surface area contributed by atoms with Crippen molar-refractivity contribution >= 4 is 21.7 Å². The Hall–Kier alpha value is -1.30. The van der Waals surface area contributed by atoms with Gasteiger partial charge in [-0.05, 0) is 28.8 Å². The van der Waals surface area contributed by atoms with Crippen molar-refractivity contribution in [3.8, 4) is 0 Å². The second-order valence-corrected chi connectivity index (χ2v) is 6.00. The highest BCUT2D eigenvalue weighted by atomic mass is 79.9. The fraction of sp³-hybridized carbons (Fsp3) is 0.538. The molecule has 0 saturated heterocycles. The van der Waals surface area contributed by atoms with E-state index in [1.165, 1.54) is 36.9 Å². The molecule has 0 radical (unpaired) electrons. The van der Waals surface area contributed by atoms with Crippen LogP contribution in [0.3, 0.4) is 0 Å². The number of H-pyrrole nitrogens is 1. The van der Waals surface area contributed by atoms with E-state index in [1.807, 2.05) is 11.7 Å². The Kier molecular flexibility index (Phi) is 3.59. The maximum absolute atomic E-state index is 4.65. The average molecular weight is 324 g/mol. The summed E-state index contributed by atoms with van der Waals surface area (Å²) in [5.74, 6) is 1.56. The molecular formula is C13H18BrN5. The second-order valence-electron chi connectivity index (χ2n) is 5.14. The molecule has 1 aliphatic carbocycles. The van der Waals surface area contributed by atoms with Gasteiger partial charge in [0.05, 0.1) is 16.4 Å². The lowest BCUT2D eigenvalue weighted by atomic mass is 10.0. The van der Waals surface area contributed by atoms with E-state index in [4.69, 9.17) is 0 Å². The minimum absolute atomic E-state index is 0.642. The van der Waals surface area contributed by atoms with Crippen molar-refractivity contribution in [2.24, 2.45) is 7.05 Å². The standard InChI is InChI=1S/C13H18BrN5/c1-19-8-10(6-15-13-11(14)7-16-17-13)12(18-19)9-4-2-3-5-9/h7-9H,2-6H2,1H3,(H2,15,16,17). The normalized spacial score (nSPS) is 16.1. The molecule has 1 fully saturated rings. The van der Waals surface area contributed by atoms with Crippen molar-refractivity contribution in [3.63, 3.8) is 0 Å². The van der Waals surface area contributed by atoms with Crippen LogP contribution in [0, 0.1) is 0 Å². The Bertz CT molecular complexity index is 553. The smallest absolute Gasteiger partial charge is 0.136 e. The number of aromatic amines is 1. The van der Waals surface area contributed by atoms with E-state index in [0.29, 0.717) is 5.92 Å². The molecule has 0 aliphatic heterocycles. The third-order valence-corrected chi connectivity index (χ3v) is 4.33. The van der Waals surface area contributed by atoms with Gasteiger partial charge in [-0.25, -0.2) is 0 Å². The van der Waals surface area contributed by atoms with Crippen LogP contribution >= 0.6 is 15.9 Å². The quantitative estimate of drug-likeness (QED) is 0.908. The molecule has 1 saturated carbocycles. The third-order valence-electron chi connectivity index (χ3n) is 3.73. The first-order valence-corrected chi connectivity index (χ1v) is 7.48. The van der Waals surface area contributed by atoms with E-state index in [-0.39, 0.29) is 0 Å². The monoisotopic (exact) mass is 323 g/mol. The van der Waals surface area contributed by atoms with Crippen LogP contribution in [0.5, 0.6) is 0 Å². The minimum Gasteiger partial charge on any atom is -0.365 e. The summed E-state index contributed by atoms with van der Waals surface area (Å²) in [6.45, 7) is 0.778. The van der Waals surface area contributed by atoms with E-state index in [9.17, 15) is 0 Å². The van der Waals surface area contributed by atoms with Crippen molar-refractivity contribution in [2.75, 3.05) is 5.32 Å². The van der Waals surface area contributed by atoms with Gasteiger partial charge in [0.15, 0.2) is 0 Å². The molecule has 0 spiro atoms. The molecule has 2 aromatic heterocycles. The van der Waals surface area contributed by atoms with Gasteiger partial charge in [-0.15, -0.1) is 0 Å². The number of halogens is 1. The zero-order valence-electron chi connectivity index (χ0n) is 11.0. The summed E-state index contributed by atoms with van der Waals surface area (Å²) in [6, 6.07) is 0. The molecule has 0 unspecified atom stereocenters. The lowest BCUT2D eigenvalue weighted by Crippen LogP contribution is -2.04. The predicted octanol–water partition coefficient (Wildman–Crippen LogP) is 3.18. The van der Waals surface area contributed by atoms with Crippen LogP contribution in [-0.2, 0) is 13.6 Å². The molecule has 102 valence electrons. The van der Waals surface area contributed by atoms with Gasteiger partial charge in [0.25, 0.3) is 0 Å². The van der Waals surface area contributed by atoms with Crippen LogP contribution in [-0.4, -0.2) is 20.0 Å². The van der Waals surface area contributed by atoms with Crippen molar-refractivity contribution in [2.45, 2.75) is 38.1 Å². The van der Waals surface area contributed by atoms with Crippen LogP contribution < -0.4 is 5.32 Å². The van der Waals surface area contributed by atoms with Crippen molar-refractivity contribution < 1.29 is 0 Å². The van der Waals surface area contributed by atoms with Crippen molar-refractivity contribution in [3.05, 3.63) is 28.1 Å². The van der Waals surface area contributed by atoms with Gasteiger partial charge in [0.2, 0.25) is 0 Å². The molecule has 5 nitrogen and oxygen atoms in total. The van der Waals surface area contributed by atoms with Crippen LogP contribution in [0.2, 0.25) is 0 Å². The van der Waals surface area contributed by atoms with Crippen molar-refractivity contribution in [1.29, 1.82) is 0 Å². The van der Waals surface area contributed by atoms with Gasteiger partial charge in [-0.1, -0.05) is 12.8 Å². The van der Waals surface area contributed by atoms with Gasteiger partial charge in [-0.3, -0.25) is 9.78 Å². The molecule has 0 aromatic carbocycles. The van der Waals surface area contributed by atoms with Crippen LogP contribution in [0.15, 0.2) is 16.9 Å². The van der Waals surface area contributed by atoms with Gasteiger partial charge < -0.3 is 5.32 Å². The lowest BCUT2D eigenvalue weighted by molar-refractivity contribution is 0.654. The third kappa shape index (κ3) is 2.68. The Labute approximate surface area is 120 Å². The summed E-state index contributed by atoms with van der Waals surface area (Å²) >= 11 is 3.45. The summed E-state index contributed by atoms with van der Waals surface area (Å²) in [7, 11) is 1.99. The summed E-state index contributed by atoms with van der Waals surface area (Å²) < 4.78 is 2.88. The van der Waals surface area contributed by atoms with Gasteiger partial charge in [0, 0.05) is 31.3 Å². The van der Waals surface area contributed by atoms with Gasteiger partial charge in [0.1, 0.15) is 5.82 Å². The molecule has 2 heterocycles. The number of rotatable bonds is 4. The number of hydrogen-bond acceptors (Lipinski definition) is 3. The summed E-state index contributed by atoms with van der Waals surface area (Å²) in [4.78, 5) is 0. The largest absolute Gasteiger partial charge is 0.365 e. The molecule has 0 bridgehead atoms. The number of hydrogen-bond donors (Lipinski definition) is 2. The SMILES string of the molecule is Cn1cc(CNc2[nH]ncc2Br)c(C2CCCC2)n1. The molecule has 0 amide bonds. The first kappa shape index (κ1) is 12.7. The van der Waals surface area contributed by atoms with Gasteiger partial charge in [-0.2, -0.15) is 10.2 Å². The molecule has 2 aromatic rings. The van der Waals surface area contributed by atoms with E-state index < -0.39 is 0 Å². The Morgan fingerprint density at radius 1 is 1.47 bits per heavy atom. The van der Waals surface area contributed by atoms with E-state index in [0.717, 1.165) is 16.8 Å². The molecule has 1 aliphatic rings. The number of aromatic nitrogens is 4. The van der Waals surface area contributed by atoms with Crippen LogP contribution in [0.1, 0.15) is 42.9 Å². The Balaban J connectivity index is 1.75. The molecule has 2 N–H and O–H groups in total. The van der Waals surface area contributed by atoms with Crippen LogP contribution in [0.25, 0.3) is 0 Å². The highest BCUT2D eigenvalue weighted by molar-refractivity contribution is 9.10. The minimum atomic E-state index is 0.642. The first-order chi connectivity index (χ1) is 9.24.